The van der Waals surface area contributed by atoms with Crippen LogP contribution in [0.4, 0.5) is 0 Å². The van der Waals surface area contributed by atoms with Gasteiger partial charge in [-0.2, -0.15) is 9.97 Å². The summed E-state index contributed by atoms with van der Waals surface area (Å²) in [4.78, 5) is 36.7. The molecule has 4 rings (SSSR count). The van der Waals surface area contributed by atoms with Crippen molar-refractivity contribution in [2.24, 2.45) is 5.92 Å². The number of amides is 2. The van der Waals surface area contributed by atoms with E-state index < -0.39 is 6.04 Å². The lowest BCUT2D eigenvalue weighted by atomic mass is 9.94. The Bertz CT molecular complexity index is 1090. The van der Waals surface area contributed by atoms with E-state index in [0.29, 0.717) is 49.1 Å². The molecule has 1 N–H and O–H groups in total. The number of nitrogens with one attached hydrogen (secondary N) is 1. The SMILES string of the molecule is COc1cc(OC)nc(C(NC(=O)C2CCN(C(=O)c3ccccc3)CC2)c2ccccc2)n1. The Balaban J connectivity index is 1.48. The van der Waals surface area contributed by atoms with Crippen LogP contribution < -0.4 is 14.8 Å². The van der Waals surface area contributed by atoms with E-state index in [2.05, 4.69) is 15.3 Å². The zero-order chi connectivity index (χ0) is 23.9. The normalized spacial score (nSPS) is 14.8. The van der Waals surface area contributed by atoms with Gasteiger partial charge in [0, 0.05) is 24.6 Å². The smallest absolute Gasteiger partial charge is 0.253 e. The maximum atomic E-state index is 13.3. The predicted molar refractivity (Wildman–Crippen MR) is 127 cm³/mol. The van der Waals surface area contributed by atoms with Gasteiger partial charge in [-0.25, -0.2) is 0 Å². The fraction of sp³-hybridized carbons (Fsp3) is 0.308. The number of hydrogen-bond donors (Lipinski definition) is 1. The third-order valence-corrected chi connectivity index (χ3v) is 5.97. The Labute approximate surface area is 198 Å². The predicted octanol–water partition coefficient (Wildman–Crippen LogP) is 3.25. The number of aromatic nitrogens is 2. The van der Waals surface area contributed by atoms with Crippen molar-refractivity contribution in [2.45, 2.75) is 18.9 Å². The van der Waals surface area contributed by atoms with Crippen LogP contribution in [0, 0.1) is 5.92 Å². The highest BCUT2D eigenvalue weighted by Gasteiger charge is 2.30. The quantitative estimate of drug-likeness (QED) is 0.582. The lowest BCUT2D eigenvalue weighted by molar-refractivity contribution is -0.126. The van der Waals surface area contributed by atoms with Crippen molar-refractivity contribution >= 4 is 11.8 Å². The molecule has 8 heteroatoms. The van der Waals surface area contributed by atoms with Crippen LogP contribution in [0.3, 0.4) is 0 Å². The van der Waals surface area contributed by atoms with E-state index in [9.17, 15) is 9.59 Å². The average molecular weight is 461 g/mol. The molecule has 1 saturated heterocycles. The second-order valence-corrected chi connectivity index (χ2v) is 8.10. The molecule has 1 fully saturated rings. The number of rotatable bonds is 7. The lowest BCUT2D eigenvalue weighted by Crippen LogP contribution is -2.44. The second kappa shape index (κ2) is 10.8. The second-order valence-electron chi connectivity index (χ2n) is 8.10. The van der Waals surface area contributed by atoms with Crippen molar-refractivity contribution in [2.75, 3.05) is 27.3 Å². The van der Waals surface area contributed by atoms with E-state index >= 15 is 0 Å². The number of hydrogen-bond acceptors (Lipinski definition) is 6. The molecule has 0 bridgehead atoms. The zero-order valence-corrected chi connectivity index (χ0v) is 19.3. The van der Waals surface area contributed by atoms with Gasteiger partial charge in [0.05, 0.1) is 20.3 Å². The number of likely N-dealkylation sites (tertiary alicyclic amines) is 1. The first-order valence-corrected chi connectivity index (χ1v) is 11.3. The van der Waals surface area contributed by atoms with Gasteiger partial charge in [0.1, 0.15) is 6.04 Å². The summed E-state index contributed by atoms with van der Waals surface area (Å²) in [6, 6.07) is 19.8. The van der Waals surface area contributed by atoms with Gasteiger partial charge >= 0.3 is 0 Å². The van der Waals surface area contributed by atoms with E-state index in [1.165, 1.54) is 14.2 Å². The molecule has 2 amide bonds. The molecule has 8 nitrogen and oxygen atoms in total. The van der Waals surface area contributed by atoms with Crippen molar-refractivity contribution in [3.05, 3.63) is 83.7 Å². The molecule has 0 saturated carbocycles. The highest BCUT2D eigenvalue weighted by atomic mass is 16.5. The Morgan fingerprint density at radius 1 is 0.912 bits per heavy atom. The van der Waals surface area contributed by atoms with Gasteiger partial charge < -0.3 is 19.7 Å². The van der Waals surface area contributed by atoms with Gasteiger partial charge in [0.2, 0.25) is 17.7 Å². The molecular weight excluding hydrogens is 432 g/mol. The van der Waals surface area contributed by atoms with Gasteiger partial charge in [-0.05, 0) is 30.5 Å². The number of carbonyl (C=O) groups is 2. The molecule has 0 spiro atoms. The summed E-state index contributed by atoms with van der Waals surface area (Å²) >= 11 is 0. The van der Waals surface area contributed by atoms with Crippen LogP contribution in [0.15, 0.2) is 66.7 Å². The van der Waals surface area contributed by atoms with Crippen LogP contribution in [0.2, 0.25) is 0 Å². The molecule has 176 valence electrons. The summed E-state index contributed by atoms with van der Waals surface area (Å²) < 4.78 is 10.6. The lowest BCUT2D eigenvalue weighted by Gasteiger charge is -2.32. The minimum atomic E-state index is -0.568. The molecule has 1 atom stereocenters. The van der Waals surface area contributed by atoms with Gasteiger partial charge in [-0.15, -0.1) is 0 Å². The topological polar surface area (TPSA) is 93.7 Å². The number of methoxy groups -OCH3 is 2. The molecule has 34 heavy (non-hydrogen) atoms. The number of carbonyl (C=O) groups excluding carboxylic acids is 2. The zero-order valence-electron chi connectivity index (χ0n) is 19.3. The number of ether oxygens (including phenoxy) is 2. The summed E-state index contributed by atoms with van der Waals surface area (Å²) in [5.41, 5.74) is 1.52. The number of piperidine rings is 1. The van der Waals surface area contributed by atoms with Crippen LogP contribution >= 0.6 is 0 Å². The van der Waals surface area contributed by atoms with E-state index in [4.69, 9.17) is 9.47 Å². The first-order valence-electron chi connectivity index (χ1n) is 11.3. The van der Waals surface area contributed by atoms with Crippen molar-refractivity contribution in [3.63, 3.8) is 0 Å². The van der Waals surface area contributed by atoms with Crippen molar-refractivity contribution in [1.82, 2.24) is 20.2 Å². The number of nitrogens with zero attached hydrogens (tertiary/aromatic N) is 3. The van der Waals surface area contributed by atoms with Gasteiger partial charge in [-0.1, -0.05) is 48.5 Å². The van der Waals surface area contributed by atoms with Crippen molar-refractivity contribution in [1.29, 1.82) is 0 Å². The van der Waals surface area contributed by atoms with Gasteiger partial charge in [0.25, 0.3) is 5.91 Å². The standard InChI is InChI=1S/C26H28N4O4/c1-33-21-17-22(34-2)28-24(27-21)23(18-9-5-3-6-10-18)29-25(31)19-13-15-30(16-14-19)26(32)20-11-7-4-8-12-20/h3-12,17,19,23H,13-16H2,1-2H3,(H,29,31). The summed E-state index contributed by atoms with van der Waals surface area (Å²) in [7, 11) is 3.04. The van der Waals surface area contributed by atoms with E-state index in [1.807, 2.05) is 65.6 Å². The molecule has 1 aliphatic heterocycles. The number of benzene rings is 2. The third-order valence-electron chi connectivity index (χ3n) is 5.97. The Kier molecular flexibility index (Phi) is 7.37. The summed E-state index contributed by atoms with van der Waals surface area (Å²) in [5.74, 6) is 0.782. The molecule has 1 aromatic heterocycles. The first kappa shape index (κ1) is 23.2. The largest absolute Gasteiger partial charge is 0.481 e. The van der Waals surface area contributed by atoms with Crippen molar-refractivity contribution < 1.29 is 19.1 Å². The maximum Gasteiger partial charge on any atom is 0.253 e. The van der Waals surface area contributed by atoms with Crippen LogP contribution in [0.25, 0.3) is 0 Å². The monoisotopic (exact) mass is 460 g/mol. The van der Waals surface area contributed by atoms with Crippen LogP contribution in [0.5, 0.6) is 11.8 Å². The maximum absolute atomic E-state index is 13.3. The van der Waals surface area contributed by atoms with Crippen LogP contribution in [-0.4, -0.2) is 54.0 Å². The first-order chi connectivity index (χ1) is 16.6. The molecular formula is C26H28N4O4. The molecule has 0 aliphatic carbocycles. The fourth-order valence-electron chi connectivity index (χ4n) is 4.07. The van der Waals surface area contributed by atoms with E-state index in [1.54, 1.807) is 6.07 Å². The van der Waals surface area contributed by atoms with Crippen molar-refractivity contribution in [3.8, 4) is 11.8 Å². The fourth-order valence-corrected chi connectivity index (χ4v) is 4.07. The molecule has 2 heterocycles. The van der Waals surface area contributed by atoms with Crippen LogP contribution in [-0.2, 0) is 4.79 Å². The van der Waals surface area contributed by atoms with Gasteiger partial charge in [0.15, 0.2) is 5.82 Å². The van der Waals surface area contributed by atoms with E-state index in [-0.39, 0.29) is 17.7 Å². The highest BCUT2D eigenvalue weighted by molar-refractivity contribution is 5.94. The minimum Gasteiger partial charge on any atom is -0.481 e. The average Bonchev–Trinajstić information content (AvgIpc) is 2.91. The minimum absolute atomic E-state index is 0.00139. The molecule has 0 radical (unpaired) electrons. The van der Waals surface area contributed by atoms with Crippen LogP contribution in [0.1, 0.15) is 40.6 Å². The summed E-state index contributed by atoms with van der Waals surface area (Å²) in [6.45, 7) is 1.07. The molecule has 1 unspecified atom stereocenters. The Hall–Kier alpha value is -3.94. The summed E-state index contributed by atoms with van der Waals surface area (Å²) in [6.07, 6.45) is 1.18. The Morgan fingerprint density at radius 3 is 2.03 bits per heavy atom. The third kappa shape index (κ3) is 5.33. The molecule has 1 aliphatic rings. The Morgan fingerprint density at radius 2 is 1.47 bits per heavy atom. The van der Waals surface area contributed by atoms with Gasteiger partial charge in [-0.3, -0.25) is 9.59 Å². The summed E-state index contributed by atoms with van der Waals surface area (Å²) in [5, 5.41) is 3.12. The molecule has 2 aromatic carbocycles. The molecule has 3 aromatic rings. The highest BCUT2D eigenvalue weighted by Crippen LogP contribution is 2.26. The van der Waals surface area contributed by atoms with E-state index in [0.717, 1.165) is 5.56 Å².